The van der Waals surface area contributed by atoms with Crippen molar-refractivity contribution in [3.05, 3.63) is 35.3 Å². The van der Waals surface area contributed by atoms with Gasteiger partial charge >= 0.3 is 0 Å². The molecule has 0 radical (unpaired) electrons. The number of aromatic nitrogens is 1. The molecule has 0 N–H and O–H groups in total. The summed E-state index contributed by atoms with van der Waals surface area (Å²) in [7, 11) is 0. The van der Waals surface area contributed by atoms with Gasteiger partial charge in [-0.15, -0.1) is 0 Å². The number of amides is 2. The van der Waals surface area contributed by atoms with Crippen LogP contribution in [0.5, 0.6) is 0 Å². The molecule has 0 unspecified atom stereocenters. The summed E-state index contributed by atoms with van der Waals surface area (Å²) in [4.78, 5) is 28.3. The topological polar surface area (TPSA) is 67.6 Å². The van der Waals surface area contributed by atoms with Gasteiger partial charge in [0, 0.05) is 38.7 Å². The first-order valence-corrected chi connectivity index (χ1v) is 8.39. The predicted molar refractivity (Wildman–Crippen MR) is 84.5 cm³/mol. The van der Waals surface area contributed by atoms with Crippen LogP contribution >= 0.6 is 0 Å². The maximum Gasteiger partial charge on any atom is 0.260 e. The van der Waals surface area contributed by atoms with Gasteiger partial charge in [0.15, 0.2) is 12.4 Å². The first-order chi connectivity index (χ1) is 11.1. The molecule has 0 aromatic carbocycles. The third-order valence-corrected chi connectivity index (χ3v) is 4.88. The van der Waals surface area contributed by atoms with Crippen molar-refractivity contribution in [2.24, 2.45) is 5.92 Å². The molecule has 2 fully saturated rings. The average molecular weight is 317 g/mol. The minimum absolute atomic E-state index is 0.141. The molecule has 1 aromatic rings. The van der Waals surface area contributed by atoms with Gasteiger partial charge in [-0.05, 0) is 24.8 Å². The summed E-state index contributed by atoms with van der Waals surface area (Å²) in [6, 6.07) is 3.22. The SMILES string of the molecule is O=C(CC1CCCC1)N1CCN(C(=O)c2ccc[n+]([O-])c2)CC1. The monoisotopic (exact) mass is 317 g/mol. The highest BCUT2D eigenvalue weighted by atomic mass is 16.5. The van der Waals surface area contributed by atoms with E-state index in [0.29, 0.717) is 48.8 Å². The maximum absolute atomic E-state index is 12.4. The van der Waals surface area contributed by atoms with Crippen LogP contribution in [0, 0.1) is 11.1 Å². The highest BCUT2D eigenvalue weighted by Crippen LogP contribution is 2.28. The van der Waals surface area contributed by atoms with Crippen LogP contribution in [0.2, 0.25) is 0 Å². The Morgan fingerprint density at radius 1 is 1.13 bits per heavy atom. The number of hydrogen-bond donors (Lipinski definition) is 0. The number of nitrogens with zero attached hydrogens (tertiary/aromatic N) is 3. The standard InChI is InChI=1S/C17H23N3O3/c21-16(12-14-4-1-2-5-14)18-8-10-19(11-9-18)17(22)15-6-3-7-20(23)13-15/h3,6-7,13-14H,1-2,4-5,8-12H2. The molecule has 1 aliphatic heterocycles. The number of rotatable bonds is 3. The maximum atomic E-state index is 12.4. The Morgan fingerprint density at radius 2 is 1.78 bits per heavy atom. The van der Waals surface area contributed by atoms with Crippen molar-refractivity contribution in [1.29, 1.82) is 0 Å². The van der Waals surface area contributed by atoms with Gasteiger partial charge in [-0.1, -0.05) is 12.8 Å². The molecule has 2 heterocycles. The fourth-order valence-electron chi connectivity index (χ4n) is 3.51. The molecule has 1 saturated carbocycles. The molecule has 1 saturated heterocycles. The van der Waals surface area contributed by atoms with E-state index >= 15 is 0 Å². The highest BCUT2D eigenvalue weighted by molar-refractivity contribution is 5.93. The second-order valence-electron chi connectivity index (χ2n) is 6.48. The molecule has 0 spiro atoms. The van der Waals surface area contributed by atoms with Crippen molar-refractivity contribution < 1.29 is 14.3 Å². The fraction of sp³-hybridized carbons (Fsp3) is 0.588. The van der Waals surface area contributed by atoms with Crippen molar-refractivity contribution in [3.8, 4) is 0 Å². The summed E-state index contributed by atoms with van der Waals surface area (Å²) in [6.07, 6.45) is 8.15. The largest absolute Gasteiger partial charge is 0.619 e. The van der Waals surface area contributed by atoms with Gasteiger partial charge in [-0.3, -0.25) is 9.59 Å². The molecule has 2 aliphatic rings. The van der Waals surface area contributed by atoms with Gasteiger partial charge in [0.2, 0.25) is 5.91 Å². The van der Waals surface area contributed by atoms with E-state index in [1.54, 1.807) is 17.0 Å². The summed E-state index contributed by atoms with van der Waals surface area (Å²) in [6.45, 7) is 2.23. The molecule has 0 bridgehead atoms. The molecular formula is C17H23N3O3. The van der Waals surface area contributed by atoms with Crippen molar-refractivity contribution in [2.45, 2.75) is 32.1 Å². The van der Waals surface area contributed by atoms with Gasteiger partial charge in [0.25, 0.3) is 5.91 Å². The number of carbonyl (C=O) groups is 2. The number of hydrogen-bond acceptors (Lipinski definition) is 3. The van der Waals surface area contributed by atoms with Crippen LogP contribution in [0.4, 0.5) is 0 Å². The third-order valence-electron chi connectivity index (χ3n) is 4.88. The zero-order chi connectivity index (χ0) is 16.2. The third kappa shape index (κ3) is 3.81. The lowest BCUT2D eigenvalue weighted by Gasteiger charge is -2.35. The summed E-state index contributed by atoms with van der Waals surface area (Å²) < 4.78 is 0.634. The molecular weight excluding hydrogens is 294 g/mol. The summed E-state index contributed by atoms with van der Waals surface area (Å²) in [5.74, 6) is 0.637. The molecule has 2 amide bonds. The second kappa shape index (κ2) is 6.98. The lowest BCUT2D eigenvalue weighted by molar-refractivity contribution is -0.605. The smallest absolute Gasteiger partial charge is 0.260 e. The molecule has 23 heavy (non-hydrogen) atoms. The summed E-state index contributed by atoms with van der Waals surface area (Å²) in [5, 5.41) is 11.3. The van der Waals surface area contributed by atoms with Gasteiger partial charge < -0.3 is 15.0 Å². The predicted octanol–water partition coefficient (Wildman–Crippen LogP) is 1.18. The lowest BCUT2D eigenvalue weighted by Crippen LogP contribution is -2.51. The van der Waals surface area contributed by atoms with E-state index in [2.05, 4.69) is 0 Å². The molecule has 0 atom stereocenters. The van der Waals surface area contributed by atoms with E-state index in [9.17, 15) is 14.8 Å². The molecule has 3 rings (SSSR count). The Balaban J connectivity index is 1.51. The normalized spacial score (nSPS) is 19.1. The van der Waals surface area contributed by atoms with Crippen LogP contribution in [-0.4, -0.2) is 47.8 Å². The van der Waals surface area contributed by atoms with E-state index in [-0.39, 0.29) is 11.8 Å². The Kier molecular flexibility index (Phi) is 4.79. The minimum atomic E-state index is -0.141. The Labute approximate surface area is 136 Å². The summed E-state index contributed by atoms with van der Waals surface area (Å²) in [5.41, 5.74) is 0.397. The number of piperazine rings is 1. The Morgan fingerprint density at radius 3 is 2.43 bits per heavy atom. The molecule has 6 heteroatoms. The van der Waals surface area contributed by atoms with Gasteiger partial charge in [-0.25, -0.2) is 0 Å². The second-order valence-corrected chi connectivity index (χ2v) is 6.48. The van der Waals surface area contributed by atoms with E-state index in [1.165, 1.54) is 38.1 Å². The summed E-state index contributed by atoms with van der Waals surface area (Å²) >= 11 is 0. The van der Waals surface area contributed by atoms with Crippen LogP contribution in [-0.2, 0) is 4.79 Å². The van der Waals surface area contributed by atoms with Crippen molar-refractivity contribution >= 4 is 11.8 Å². The van der Waals surface area contributed by atoms with Gasteiger partial charge in [0.05, 0.1) is 0 Å². The zero-order valence-electron chi connectivity index (χ0n) is 13.3. The Hall–Kier alpha value is -2.11. The lowest BCUT2D eigenvalue weighted by atomic mass is 10.0. The van der Waals surface area contributed by atoms with Crippen molar-refractivity contribution in [1.82, 2.24) is 9.80 Å². The molecule has 6 nitrogen and oxygen atoms in total. The highest BCUT2D eigenvalue weighted by Gasteiger charge is 2.27. The van der Waals surface area contributed by atoms with E-state index < -0.39 is 0 Å². The van der Waals surface area contributed by atoms with Crippen molar-refractivity contribution in [2.75, 3.05) is 26.2 Å². The van der Waals surface area contributed by atoms with E-state index in [1.807, 2.05) is 4.90 Å². The van der Waals surface area contributed by atoms with Crippen LogP contribution in [0.3, 0.4) is 0 Å². The average Bonchev–Trinajstić information content (AvgIpc) is 3.07. The fourth-order valence-corrected chi connectivity index (χ4v) is 3.51. The molecule has 1 aliphatic carbocycles. The van der Waals surface area contributed by atoms with E-state index in [4.69, 9.17) is 0 Å². The van der Waals surface area contributed by atoms with Crippen molar-refractivity contribution in [3.63, 3.8) is 0 Å². The molecule has 124 valence electrons. The van der Waals surface area contributed by atoms with Crippen LogP contribution in [0.1, 0.15) is 42.5 Å². The van der Waals surface area contributed by atoms with Gasteiger partial charge in [0.1, 0.15) is 5.56 Å². The quantitative estimate of drug-likeness (QED) is 0.621. The van der Waals surface area contributed by atoms with Crippen LogP contribution in [0.15, 0.2) is 24.5 Å². The first-order valence-electron chi connectivity index (χ1n) is 8.39. The first kappa shape index (κ1) is 15.8. The van der Waals surface area contributed by atoms with Crippen LogP contribution < -0.4 is 4.73 Å². The number of pyridine rings is 1. The van der Waals surface area contributed by atoms with E-state index in [0.717, 1.165) is 0 Å². The minimum Gasteiger partial charge on any atom is -0.619 e. The number of carbonyl (C=O) groups excluding carboxylic acids is 2. The zero-order valence-corrected chi connectivity index (χ0v) is 13.3. The Bertz CT molecular complexity index is 576. The van der Waals surface area contributed by atoms with Crippen LogP contribution in [0.25, 0.3) is 0 Å². The molecule has 1 aromatic heterocycles. The van der Waals surface area contributed by atoms with Gasteiger partial charge in [-0.2, -0.15) is 4.73 Å².